The Labute approximate surface area is 114 Å². The van der Waals surface area contributed by atoms with Crippen LogP contribution in [0.2, 0.25) is 0 Å². The Balaban J connectivity index is 1.94. The van der Waals surface area contributed by atoms with E-state index in [0.29, 0.717) is 5.92 Å². The standard InChI is InChI=1S/C13H15BrN2S/c1-16-6-2-3-9(8-16)13-15-11-7-10(14)4-5-12(11)17-13/h4-5,7,9H,2-3,6,8H2,1H3. The second kappa shape index (κ2) is 4.67. The van der Waals surface area contributed by atoms with Crippen LogP contribution in [-0.2, 0) is 0 Å². The van der Waals surface area contributed by atoms with E-state index in [-0.39, 0.29) is 0 Å². The molecule has 3 rings (SSSR count). The number of likely N-dealkylation sites (tertiary alicyclic amines) is 1. The van der Waals surface area contributed by atoms with Gasteiger partial charge in [0.15, 0.2) is 0 Å². The molecule has 1 aliphatic heterocycles. The molecule has 0 saturated carbocycles. The maximum absolute atomic E-state index is 4.79. The van der Waals surface area contributed by atoms with Crippen LogP contribution < -0.4 is 0 Å². The predicted molar refractivity (Wildman–Crippen MR) is 76.8 cm³/mol. The monoisotopic (exact) mass is 310 g/mol. The van der Waals surface area contributed by atoms with Crippen molar-refractivity contribution in [1.82, 2.24) is 9.88 Å². The molecule has 0 spiro atoms. The molecule has 1 aromatic heterocycles. The van der Waals surface area contributed by atoms with Crippen LogP contribution in [0, 0.1) is 0 Å². The van der Waals surface area contributed by atoms with E-state index in [4.69, 9.17) is 4.98 Å². The number of hydrogen-bond donors (Lipinski definition) is 0. The summed E-state index contributed by atoms with van der Waals surface area (Å²) in [5.41, 5.74) is 1.13. The highest BCUT2D eigenvalue weighted by molar-refractivity contribution is 9.10. The van der Waals surface area contributed by atoms with Gasteiger partial charge in [-0.15, -0.1) is 11.3 Å². The first-order chi connectivity index (χ1) is 8.22. The molecule has 0 N–H and O–H groups in total. The number of piperidine rings is 1. The van der Waals surface area contributed by atoms with Gasteiger partial charge in [-0.25, -0.2) is 4.98 Å². The summed E-state index contributed by atoms with van der Waals surface area (Å²) >= 11 is 5.36. The third-order valence-corrected chi connectivity index (χ3v) is 5.03. The zero-order valence-corrected chi connectivity index (χ0v) is 12.2. The highest BCUT2D eigenvalue weighted by Crippen LogP contribution is 2.33. The second-order valence-corrected chi connectivity index (χ2v) is 6.74. The minimum Gasteiger partial charge on any atom is -0.306 e. The third-order valence-electron chi connectivity index (χ3n) is 3.34. The number of rotatable bonds is 1. The third kappa shape index (κ3) is 2.39. The Hall–Kier alpha value is -0.450. The summed E-state index contributed by atoms with van der Waals surface area (Å²) in [6.45, 7) is 2.38. The van der Waals surface area contributed by atoms with Crippen molar-refractivity contribution in [2.24, 2.45) is 0 Å². The van der Waals surface area contributed by atoms with Gasteiger partial charge < -0.3 is 4.90 Å². The van der Waals surface area contributed by atoms with Crippen LogP contribution in [0.5, 0.6) is 0 Å². The van der Waals surface area contributed by atoms with Gasteiger partial charge in [0.05, 0.1) is 15.2 Å². The van der Waals surface area contributed by atoms with E-state index < -0.39 is 0 Å². The van der Waals surface area contributed by atoms with E-state index in [0.717, 1.165) is 16.5 Å². The Kier molecular flexibility index (Phi) is 3.19. The van der Waals surface area contributed by atoms with Crippen LogP contribution in [0.3, 0.4) is 0 Å². The summed E-state index contributed by atoms with van der Waals surface area (Å²) < 4.78 is 2.42. The molecule has 4 heteroatoms. The number of aromatic nitrogens is 1. The van der Waals surface area contributed by atoms with Crippen molar-refractivity contribution in [3.8, 4) is 0 Å². The molecule has 0 aliphatic carbocycles. The van der Waals surface area contributed by atoms with Crippen LogP contribution in [0.4, 0.5) is 0 Å². The molecule has 2 nitrogen and oxygen atoms in total. The highest BCUT2D eigenvalue weighted by Gasteiger charge is 2.21. The molecule has 2 heterocycles. The summed E-state index contributed by atoms with van der Waals surface area (Å²) in [5.74, 6) is 0.630. The average Bonchev–Trinajstić information content (AvgIpc) is 2.72. The first kappa shape index (κ1) is 11.6. The second-order valence-electron chi connectivity index (χ2n) is 4.77. The SMILES string of the molecule is CN1CCCC(c2nc3cc(Br)ccc3s2)C1. The lowest BCUT2D eigenvalue weighted by Gasteiger charge is -2.28. The molecule has 17 heavy (non-hydrogen) atoms. The van der Waals surface area contributed by atoms with Crippen molar-refractivity contribution in [2.75, 3.05) is 20.1 Å². The zero-order chi connectivity index (χ0) is 11.8. The van der Waals surface area contributed by atoms with E-state index in [9.17, 15) is 0 Å². The lowest BCUT2D eigenvalue weighted by atomic mass is 9.99. The number of likely N-dealkylation sites (N-methyl/N-ethyl adjacent to an activating group) is 1. The molecule has 1 saturated heterocycles. The molecule has 2 aromatic rings. The molecule has 1 atom stereocenters. The predicted octanol–water partition coefficient (Wildman–Crippen LogP) is 3.87. The summed E-state index contributed by atoms with van der Waals surface area (Å²) in [6, 6.07) is 6.37. The largest absolute Gasteiger partial charge is 0.306 e. The molecule has 1 fully saturated rings. The number of halogens is 1. The fraction of sp³-hybridized carbons (Fsp3) is 0.462. The minimum atomic E-state index is 0.630. The van der Waals surface area contributed by atoms with E-state index in [1.54, 1.807) is 0 Å². The van der Waals surface area contributed by atoms with Crippen molar-refractivity contribution in [2.45, 2.75) is 18.8 Å². The van der Waals surface area contributed by atoms with Gasteiger partial charge in [0.25, 0.3) is 0 Å². The van der Waals surface area contributed by atoms with Gasteiger partial charge >= 0.3 is 0 Å². The molecule has 0 amide bonds. The van der Waals surface area contributed by atoms with Crippen LogP contribution in [-0.4, -0.2) is 30.0 Å². The van der Waals surface area contributed by atoms with Gasteiger partial charge in [0.2, 0.25) is 0 Å². The van der Waals surface area contributed by atoms with E-state index >= 15 is 0 Å². The van der Waals surface area contributed by atoms with Gasteiger partial charge in [0, 0.05) is 16.9 Å². The van der Waals surface area contributed by atoms with Gasteiger partial charge in [-0.05, 0) is 44.6 Å². The smallest absolute Gasteiger partial charge is 0.0982 e. The molecule has 0 bridgehead atoms. The molecular weight excluding hydrogens is 296 g/mol. The van der Waals surface area contributed by atoms with Gasteiger partial charge in [-0.2, -0.15) is 0 Å². The van der Waals surface area contributed by atoms with E-state index in [1.807, 2.05) is 11.3 Å². The van der Waals surface area contributed by atoms with Crippen molar-refractivity contribution in [3.05, 3.63) is 27.7 Å². The average molecular weight is 311 g/mol. The number of fused-ring (bicyclic) bond motifs is 1. The number of benzene rings is 1. The summed E-state index contributed by atoms with van der Waals surface area (Å²) in [4.78, 5) is 7.21. The van der Waals surface area contributed by atoms with Crippen molar-refractivity contribution in [3.63, 3.8) is 0 Å². The quantitative estimate of drug-likeness (QED) is 0.795. The van der Waals surface area contributed by atoms with E-state index in [1.165, 1.54) is 29.1 Å². The van der Waals surface area contributed by atoms with Crippen LogP contribution >= 0.6 is 27.3 Å². The molecule has 1 aromatic carbocycles. The Morgan fingerprint density at radius 3 is 3.18 bits per heavy atom. The molecule has 1 unspecified atom stereocenters. The maximum Gasteiger partial charge on any atom is 0.0982 e. The fourth-order valence-corrected chi connectivity index (χ4v) is 3.88. The van der Waals surface area contributed by atoms with Gasteiger partial charge in [-0.1, -0.05) is 15.9 Å². The zero-order valence-electron chi connectivity index (χ0n) is 9.82. The Morgan fingerprint density at radius 2 is 2.35 bits per heavy atom. The van der Waals surface area contributed by atoms with Crippen LogP contribution in [0.1, 0.15) is 23.8 Å². The van der Waals surface area contributed by atoms with Crippen molar-refractivity contribution < 1.29 is 0 Å². The topological polar surface area (TPSA) is 16.1 Å². The number of hydrogen-bond acceptors (Lipinski definition) is 3. The maximum atomic E-state index is 4.79. The highest BCUT2D eigenvalue weighted by atomic mass is 79.9. The first-order valence-electron chi connectivity index (χ1n) is 5.97. The first-order valence-corrected chi connectivity index (χ1v) is 7.58. The summed E-state index contributed by atoms with van der Waals surface area (Å²) in [5, 5.41) is 1.31. The van der Waals surface area contributed by atoms with Crippen molar-refractivity contribution in [1.29, 1.82) is 0 Å². The van der Waals surface area contributed by atoms with Gasteiger partial charge in [-0.3, -0.25) is 0 Å². The van der Waals surface area contributed by atoms with Crippen molar-refractivity contribution >= 4 is 37.5 Å². The Bertz CT molecular complexity index is 537. The summed E-state index contributed by atoms with van der Waals surface area (Å²) in [7, 11) is 2.20. The minimum absolute atomic E-state index is 0.630. The Morgan fingerprint density at radius 1 is 1.47 bits per heavy atom. The normalized spacial score (nSPS) is 22.1. The fourth-order valence-electron chi connectivity index (χ4n) is 2.46. The molecule has 90 valence electrons. The molecule has 0 radical (unpaired) electrons. The number of thiazole rings is 1. The lowest BCUT2D eigenvalue weighted by molar-refractivity contribution is 0.250. The van der Waals surface area contributed by atoms with E-state index in [2.05, 4.69) is 46.1 Å². The van der Waals surface area contributed by atoms with Crippen LogP contribution in [0.25, 0.3) is 10.2 Å². The number of nitrogens with zero attached hydrogens (tertiary/aromatic N) is 2. The summed E-state index contributed by atoms with van der Waals surface area (Å²) in [6.07, 6.45) is 2.58. The molecule has 1 aliphatic rings. The van der Waals surface area contributed by atoms with Crippen LogP contribution in [0.15, 0.2) is 22.7 Å². The lowest BCUT2D eigenvalue weighted by Crippen LogP contribution is -2.30. The van der Waals surface area contributed by atoms with Gasteiger partial charge in [0.1, 0.15) is 0 Å². The molecular formula is C13H15BrN2S.